The number of hydrogen-bond acceptors (Lipinski definition) is 2. The highest BCUT2D eigenvalue weighted by molar-refractivity contribution is 6.17. The molecule has 0 aliphatic carbocycles. The molecule has 0 fully saturated rings. The Bertz CT molecular complexity index is 387. The van der Waals surface area contributed by atoms with Gasteiger partial charge in [0.2, 0.25) is 0 Å². The van der Waals surface area contributed by atoms with E-state index in [4.69, 9.17) is 16.0 Å². The van der Waals surface area contributed by atoms with Crippen LogP contribution < -0.4 is 5.32 Å². The van der Waals surface area contributed by atoms with Crippen molar-refractivity contribution in [3.8, 4) is 0 Å². The summed E-state index contributed by atoms with van der Waals surface area (Å²) < 4.78 is 5.38. The SMILES string of the molecule is CCCCCCCCNC(=O)c1cc(CCl)c(C)o1. The Labute approximate surface area is 120 Å². The summed E-state index contributed by atoms with van der Waals surface area (Å²) >= 11 is 5.75. The second-order valence-corrected chi connectivity index (χ2v) is 5.12. The first-order valence-corrected chi connectivity index (χ1v) is 7.66. The van der Waals surface area contributed by atoms with Gasteiger partial charge in [0, 0.05) is 12.1 Å². The van der Waals surface area contributed by atoms with E-state index >= 15 is 0 Å². The topological polar surface area (TPSA) is 42.2 Å². The van der Waals surface area contributed by atoms with E-state index in [1.54, 1.807) is 6.07 Å². The molecule has 108 valence electrons. The van der Waals surface area contributed by atoms with Crippen LogP contribution in [0.3, 0.4) is 0 Å². The first-order chi connectivity index (χ1) is 9.19. The van der Waals surface area contributed by atoms with Crippen molar-refractivity contribution < 1.29 is 9.21 Å². The number of alkyl halides is 1. The van der Waals surface area contributed by atoms with Crippen LogP contribution in [0, 0.1) is 6.92 Å². The Kier molecular flexibility index (Phi) is 7.65. The molecule has 0 atom stereocenters. The van der Waals surface area contributed by atoms with E-state index < -0.39 is 0 Å². The standard InChI is InChI=1S/C15H24ClNO2/c1-3-4-5-6-7-8-9-17-15(18)14-10-13(11-16)12(2)19-14/h10H,3-9,11H2,1-2H3,(H,17,18). The highest BCUT2D eigenvalue weighted by Crippen LogP contribution is 2.16. The fraction of sp³-hybridized carbons (Fsp3) is 0.667. The average molecular weight is 286 g/mol. The maximum absolute atomic E-state index is 11.8. The number of unbranched alkanes of at least 4 members (excludes halogenated alkanes) is 5. The summed E-state index contributed by atoms with van der Waals surface area (Å²) in [6.45, 7) is 4.74. The van der Waals surface area contributed by atoms with Gasteiger partial charge in [-0.3, -0.25) is 4.79 Å². The minimum Gasteiger partial charge on any atom is -0.456 e. The van der Waals surface area contributed by atoms with E-state index in [9.17, 15) is 4.79 Å². The molecule has 0 bridgehead atoms. The Morgan fingerprint density at radius 3 is 2.58 bits per heavy atom. The van der Waals surface area contributed by atoms with Gasteiger partial charge in [0.05, 0.1) is 5.88 Å². The molecule has 4 heteroatoms. The molecule has 0 spiro atoms. The Balaban J connectivity index is 2.20. The molecule has 1 rings (SSSR count). The van der Waals surface area contributed by atoms with Crippen molar-refractivity contribution >= 4 is 17.5 Å². The van der Waals surface area contributed by atoms with Gasteiger partial charge in [-0.15, -0.1) is 11.6 Å². The first-order valence-electron chi connectivity index (χ1n) is 7.12. The third-order valence-corrected chi connectivity index (χ3v) is 3.49. The van der Waals surface area contributed by atoms with Crippen molar-refractivity contribution in [2.24, 2.45) is 0 Å². The number of furan rings is 1. The summed E-state index contributed by atoms with van der Waals surface area (Å²) in [6, 6.07) is 1.72. The fourth-order valence-electron chi connectivity index (χ4n) is 1.96. The lowest BCUT2D eigenvalue weighted by atomic mass is 10.1. The van der Waals surface area contributed by atoms with Gasteiger partial charge >= 0.3 is 0 Å². The highest BCUT2D eigenvalue weighted by atomic mass is 35.5. The number of rotatable bonds is 9. The minimum atomic E-state index is -0.145. The van der Waals surface area contributed by atoms with Crippen molar-refractivity contribution in [2.45, 2.75) is 58.3 Å². The monoisotopic (exact) mass is 285 g/mol. The summed E-state index contributed by atoms with van der Waals surface area (Å²) in [5.74, 6) is 1.31. The van der Waals surface area contributed by atoms with Crippen LogP contribution in [-0.4, -0.2) is 12.5 Å². The molecule has 3 nitrogen and oxygen atoms in total. The molecule has 1 N–H and O–H groups in total. The van der Waals surface area contributed by atoms with E-state index in [1.165, 1.54) is 32.1 Å². The summed E-state index contributed by atoms with van der Waals surface area (Å²) in [5.41, 5.74) is 0.881. The number of amides is 1. The van der Waals surface area contributed by atoms with Crippen LogP contribution in [0.4, 0.5) is 0 Å². The van der Waals surface area contributed by atoms with Crippen LogP contribution in [0.25, 0.3) is 0 Å². The molecule has 1 heterocycles. The zero-order chi connectivity index (χ0) is 14.1. The number of carbonyl (C=O) groups is 1. The molecule has 1 amide bonds. The van der Waals surface area contributed by atoms with Gasteiger partial charge < -0.3 is 9.73 Å². The molecule has 0 aromatic carbocycles. The third-order valence-electron chi connectivity index (χ3n) is 3.20. The second kappa shape index (κ2) is 9.03. The summed E-state index contributed by atoms with van der Waals surface area (Å²) in [6.07, 6.45) is 7.31. The normalized spacial score (nSPS) is 10.7. The highest BCUT2D eigenvalue weighted by Gasteiger charge is 2.13. The van der Waals surface area contributed by atoms with E-state index in [0.29, 0.717) is 18.2 Å². The van der Waals surface area contributed by atoms with Crippen molar-refractivity contribution in [1.29, 1.82) is 0 Å². The zero-order valence-corrected chi connectivity index (χ0v) is 12.7. The van der Waals surface area contributed by atoms with Crippen LogP contribution >= 0.6 is 11.6 Å². The Morgan fingerprint density at radius 1 is 1.26 bits per heavy atom. The lowest BCUT2D eigenvalue weighted by Crippen LogP contribution is -2.23. The molecular formula is C15H24ClNO2. The van der Waals surface area contributed by atoms with E-state index in [0.717, 1.165) is 17.7 Å². The summed E-state index contributed by atoms with van der Waals surface area (Å²) in [7, 11) is 0. The average Bonchev–Trinajstić information content (AvgIpc) is 2.79. The second-order valence-electron chi connectivity index (χ2n) is 4.85. The molecule has 0 unspecified atom stereocenters. The van der Waals surface area contributed by atoms with Gasteiger partial charge in [0.25, 0.3) is 5.91 Å². The summed E-state index contributed by atoms with van der Waals surface area (Å²) in [5, 5.41) is 2.88. The van der Waals surface area contributed by atoms with Crippen LogP contribution in [0.2, 0.25) is 0 Å². The van der Waals surface area contributed by atoms with Gasteiger partial charge in [0.15, 0.2) is 5.76 Å². The van der Waals surface area contributed by atoms with Gasteiger partial charge in [0.1, 0.15) is 5.76 Å². The summed E-state index contributed by atoms with van der Waals surface area (Å²) in [4.78, 5) is 11.8. The van der Waals surface area contributed by atoms with Crippen LogP contribution in [0.15, 0.2) is 10.5 Å². The van der Waals surface area contributed by atoms with Gasteiger partial charge in [-0.05, 0) is 19.4 Å². The maximum atomic E-state index is 11.8. The van der Waals surface area contributed by atoms with Crippen LogP contribution in [0.1, 0.15) is 67.3 Å². The quantitative estimate of drug-likeness (QED) is 0.539. The number of halogens is 1. The number of hydrogen-bond donors (Lipinski definition) is 1. The van der Waals surface area contributed by atoms with E-state index in [-0.39, 0.29) is 5.91 Å². The van der Waals surface area contributed by atoms with Gasteiger partial charge in [-0.1, -0.05) is 39.0 Å². The van der Waals surface area contributed by atoms with Crippen molar-refractivity contribution in [3.63, 3.8) is 0 Å². The lowest BCUT2D eigenvalue weighted by molar-refractivity contribution is 0.0924. The number of carbonyl (C=O) groups excluding carboxylic acids is 1. The molecule has 19 heavy (non-hydrogen) atoms. The number of nitrogens with one attached hydrogen (secondary N) is 1. The maximum Gasteiger partial charge on any atom is 0.287 e. The third kappa shape index (κ3) is 5.68. The van der Waals surface area contributed by atoms with Crippen LogP contribution in [0.5, 0.6) is 0 Å². The zero-order valence-electron chi connectivity index (χ0n) is 11.9. The van der Waals surface area contributed by atoms with Crippen molar-refractivity contribution in [1.82, 2.24) is 5.32 Å². The first kappa shape index (κ1) is 16.1. The largest absolute Gasteiger partial charge is 0.456 e. The molecule has 1 aromatic heterocycles. The van der Waals surface area contributed by atoms with E-state index in [2.05, 4.69) is 12.2 Å². The molecule has 0 saturated carbocycles. The smallest absolute Gasteiger partial charge is 0.287 e. The van der Waals surface area contributed by atoms with Gasteiger partial charge in [-0.25, -0.2) is 0 Å². The molecule has 0 saturated heterocycles. The van der Waals surface area contributed by atoms with Gasteiger partial charge in [-0.2, -0.15) is 0 Å². The molecule has 1 aromatic rings. The van der Waals surface area contributed by atoms with Crippen molar-refractivity contribution in [2.75, 3.05) is 6.54 Å². The fourth-order valence-corrected chi connectivity index (χ4v) is 2.22. The minimum absolute atomic E-state index is 0.145. The van der Waals surface area contributed by atoms with Crippen molar-refractivity contribution in [3.05, 3.63) is 23.2 Å². The molecule has 0 aliphatic rings. The lowest BCUT2D eigenvalue weighted by Gasteiger charge is -2.03. The molecular weight excluding hydrogens is 262 g/mol. The van der Waals surface area contributed by atoms with E-state index in [1.807, 2.05) is 6.92 Å². The predicted molar refractivity (Wildman–Crippen MR) is 78.7 cm³/mol. The Morgan fingerprint density at radius 2 is 1.95 bits per heavy atom. The molecule has 0 radical (unpaired) electrons. The molecule has 0 aliphatic heterocycles. The van der Waals surface area contributed by atoms with Crippen LogP contribution in [-0.2, 0) is 5.88 Å². The predicted octanol–water partition coefficient (Wildman–Crippen LogP) is 4.42. The Hall–Kier alpha value is -0.960. The number of aryl methyl sites for hydroxylation is 1.